The Morgan fingerprint density at radius 3 is 2.43 bits per heavy atom. The summed E-state index contributed by atoms with van der Waals surface area (Å²) in [7, 11) is -3.63. The average molecular weight is 304 g/mol. The smallest absolute Gasteiger partial charge is 0.261 e. The van der Waals surface area contributed by atoms with Gasteiger partial charge in [-0.1, -0.05) is 32.0 Å². The van der Waals surface area contributed by atoms with E-state index in [2.05, 4.69) is 18.6 Å². The number of hydrogen-bond donors (Lipinski definition) is 2. The van der Waals surface area contributed by atoms with Gasteiger partial charge >= 0.3 is 0 Å². The Morgan fingerprint density at radius 1 is 1.10 bits per heavy atom. The van der Waals surface area contributed by atoms with Gasteiger partial charge in [0.05, 0.1) is 4.90 Å². The summed E-state index contributed by atoms with van der Waals surface area (Å²) in [6.45, 7) is 5.97. The zero-order chi connectivity index (χ0) is 15.6. The van der Waals surface area contributed by atoms with Gasteiger partial charge in [-0.25, -0.2) is 8.42 Å². The molecule has 0 aromatic heterocycles. The number of anilines is 2. The van der Waals surface area contributed by atoms with Crippen LogP contribution in [-0.4, -0.2) is 8.42 Å². The van der Waals surface area contributed by atoms with Crippen LogP contribution in [0.25, 0.3) is 0 Å². The molecule has 2 aromatic carbocycles. The van der Waals surface area contributed by atoms with Gasteiger partial charge in [0.1, 0.15) is 0 Å². The molecule has 0 aliphatic carbocycles. The Kier molecular flexibility index (Phi) is 4.23. The molecule has 5 heteroatoms. The molecule has 0 fully saturated rings. The molecule has 0 heterocycles. The minimum Gasteiger partial charge on any atom is -0.398 e. The van der Waals surface area contributed by atoms with Crippen LogP contribution < -0.4 is 10.5 Å². The van der Waals surface area contributed by atoms with Crippen LogP contribution >= 0.6 is 0 Å². The minimum atomic E-state index is -3.63. The largest absolute Gasteiger partial charge is 0.398 e. The molecule has 0 saturated heterocycles. The monoisotopic (exact) mass is 304 g/mol. The molecule has 2 aromatic rings. The summed E-state index contributed by atoms with van der Waals surface area (Å²) in [6, 6.07) is 12.1. The van der Waals surface area contributed by atoms with Crippen LogP contribution in [0.15, 0.2) is 47.4 Å². The Labute approximate surface area is 126 Å². The first kappa shape index (κ1) is 15.4. The van der Waals surface area contributed by atoms with Gasteiger partial charge in [0, 0.05) is 11.4 Å². The van der Waals surface area contributed by atoms with E-state index in [1.807, 2.05) is 25.1 Å². The van der Waals surface area contributed by atoms with Crippen molar-refractivity contribution in [2.24, 2.45) is 0 Å². The molecule has 0 radical (unpaired) electrons. The van der Waals surface area contributed by atoms with Crippen LogP contribution in [-0.2, 0) is 10.0 Å². The third kappa shape index (κ3) is 3.55. The average Bonchev–Trinajstić information content (AvgIpc) is 2.41. The summed E-state index contributed by atoms with van der Waals surface area (Å²) in [5.74, 6) is 0.337. The zero-order valence-electron chi connectivity index (χ0n) is 12.4. The summed E-state index contributed by atoms with van der Waals surface area (Å²) in [4.78, 5) is 0.167. The first-order valence-electron chi connectivity index (χ1n) is 6.78. The number of nitrogens with two attached hydrogens (primary N) is 1. The number of nitrogen functional groups attached to an aromatic ring is 1. The third-order valence-electron chi connectivity index (χ3n) is 3.37. The molecule has 0 aliphatic heterocycles. The van der Waals surface area contributed by atoms with Gasteiger partial charge in [-0.3, -0.25) is 4.72 Å². The second-order valence-corrected chi connectivity index (χ2v) is 7.09. The fraction of sp³-hybridized carbons (Fsp3) is 0.250. The standard InChI is InChI=1S/C16H20N2O2S/c1-11(2)13-5-4-6-14(9-13)18-21(19,20)15-8-7-12(3)16(17)10-15/h4-11,18H,17H2,1-3H3. The Bertz CT molecular complexity index is 753. The van der Waals surface area contributed by atoms with E-state index in [1.54, 1.807) is 18.2 Å². The topological polar surface area (TPSA) is 72.2 Å². The Morgan fingerprint density at radius 2 is 1.81 bits per heavy atom. The number of aryl methyl sites for hydroxylation is 1. The minimum absolute atomic E-state index is 0.167. The number of nitrogens with one attached hydrogen (secondary N) is 1. The van der Waals surface area contributed by atoms with Gasteiger partial charge < -0.3 is 5.73 Å². The molecule has 0 spiro atoms. The van der Waals surface area contributed by atoms with Crippen molar-refractivity contribution in [2.75, 3.05) is 10.5 Å². The van der Waals surface area contributed by atoms with E-state index in [1.165, 1.54) is 6.07 Å². The normalized spacial score (nSPS) is 11.6. The Hall–Kier alpha value is -2.01. The van der Waals surface area contributed by atoms with Crippen LogP contribution in [0, 0.1) is 6.92 Å². The van der Waals surface area contributed by atoms with Gasteiger partial charge in [-0.05, 0) is 48.2 Å². The van der Waals surface area contributed by atoms with Gasteiger partial charge in [0.15, 0.2) is 0 Å². The first-order valence-corrected chi connectivity index (χ1v) is 8.27. The van der Waals surface area contributed by atoms with Gasteiger partial charge in [-0.2, -0.15) is 0 Å². The maximum absolute atomic E-state index is 12.4. The molecule has 0 atom stereocenters. The van der Waals surface area contributed by atoms with Crippen molar-refractivity contribution in [1.82, 2.24) is 0 Å². The van der Waals surface area contributed by atoms with Crippen molar-refractivity contribution in [2.45, 2.75) is 31.6 Å². The van der Waals surface area contributed by atoms with Crippen LogP contribution in [0.5, 0.6) is 0 Å². The van der Waals surface area contributed by atoms with Gasteiger partial charge in [0.25, 0.3) is 10.0 Å². The van der Waals surface area contributed by atoms with Crippen molar-refractivity contribution in [3.8, 4) is 0 Å². The van der Waals surface area contributed by atoms with E-state index in [-0.39, 0.29) is 4.90 Å². The van der Waals surface area contributed by atoms with Crippen molar-refractivity contribution in [3.63, 3.8) is 0 Å². The molecule has 4 nitrogen and oxygen atoms in total. The van der Waals surface area contributed by atoms with E-state index in [9.17, 15) is 8.42 Å². The van der Waals surface area contributed by atoms with Crippen molar-refractivity contribution in [3.05, 3.63) is 53.6 Å². The molecule has 0 bridgehead atoms. The molecule has 0 saturated carbocycles. The highest BCUT2D eigenvalue weighted by Gasteiger charge is 2.15. The van der Waals surface area contributed by atoms with Crippen molar-refractivity contribution < 1.29 is 8.42 Å². The van der Waals surface area contributed by atoms with E-state index >= 15 is 0 Å². The fourth-order valence-electron chi connectivity index (χ4n) is 1.96. The van der Waals surface area contributed by atoms with Crippen molar-refractivity contribution >= 4 is 21.4 Å². The molecule has 0 aliphatic rings. The predicted molar refractivity (Wildman–Crippen MR) is 86.9 cm³/mol. The summed E-state index contributed by atoms with van der Waals surface area (Å²) in [5.41, 5.74) is 8.74. The second kappa shape index (κ2) is 5.77. The number of rotatable bonds is 4. The van der Waals surface area contributed by atoms with Gasteiger partial charge in [-0.15, -0.1) is 0 Å². The molecule has 0 amide bonds. The first-order chi connectivity index (χ1) is 9.79. The highest BCUT2D eigenvalue weighted by atomic mass is 32.2. The molecular formula is C16H20N2O2S. The van der Waals surface area contributed by atoms with Gasteiger partial charge in [0.2, 0.25) is 0 Å². The SMILES string of the molecule is Cc1ccc(S(=O)(=O)Nc2cccc(C(C)C)c2)cc1N. The maximum atomic E-state index is 12.4. The highest BCUT2D eigenvalue weighted by Crippen LogP contribution is 2.23. The maximum Gasteiger partial charge on any atom is 0.261 e. The van der Waals surface area contributed by atoms with E-state index in [0.29, 0.717) is 17.3 Å². The summed E-state index contributed by atoms with van der Waals surface area (Å²) < 4.78 is 27.4. The lowest BCUT2D eigenvalue weighted by atomic mass is 10.0. The molecule has 112 valence electrons. The molecule has 0 unspecified atom stereocenters. The van der Waals surface area contributed by atoms with Crippen LogP contribution in [0.1, 0.15) is 30.9 Å². The number of benzene rings is 2. The molecule has 3 N–H and O–H groups in total. The fourth-order valence-corrected chi connectivity index (χ4v) is 3.05. The van der Waals surface area contributed by atoms with Crippen molar-refractivity contribution in [1.29, 1.82) is 0 Å². The van der Waals surface area contributed by atoms with E-state index in [4.69, 9.17) is 5.73 Å². The van der Waals surface area contributed by atoms with Crippen LogP contribution in [0.3, 0.4) is 0 Å². The summed E-state index contributed by atoms with van der Waals surface area (Å²) >= 11 is 0. The lowest BCUT2D eigenvalue weighted by Gasteiger charge is -2.12. The number of sulfonamides is 1. The molecular weight excluding hydrogens is 284 g/mol. The summed E-state index contributed by atoms with van der Waals surface area (Å²) in [5, 5.41) is 0. The predicted octanol–water partition coefficient (Wildman–Crippen LogP) is 3.50. The highest BCUT2D eigenvalue weighted by molar-refractivity contribution is 7.92. The van der Waals surface area contributed by atoms with Crippen LogP contribution in [0.4, 0.5) is 11.4 Å². The van der Waals surface area contributed by atoms with E-state index in [0.717, 1.165) is 11.1 Å². The third-order valence-corrected chi connectivity index (χ3v) is 4.75. The van der Waals surface area contributed by atoms with E-state index < -0.39 is 10.0 Å². The molecule has 21 heavy (non-hydrogen) atoms. The zero-order valence-corrected chi connectivity index (χ0v) is 13.2. The number of hydrogen-bond acceptors (Lipinski definition) is 3. The lowest BCUT2D eigenvalue weighted by molar-refractivity contribution is 0.601. The molecule has 2 rings (SSSR count). The van der Waals surface area contributed by atoms with Crippen LogP contribution in [0.2, 0.25) is 0 Å². The quantitative estimate of drug-likeness (QED) is 0.849. The summed E-state index contributed by atoms with van der Waals surface area (Å²) in [6.07, 6.45) is 0. The second-order valence-electron chi connectivity index (χ2n) is 5.40. The Balaban J connectivity index is 2.33. The lowest BCUT2D eigenvalue weighted by Crippen LogP contribution is -2.13.